The van der Waals surface area contributed by atoms with Crippen LogP contribution in [0.2, 0.25) is 0 Å². The summed E-state index contributed by atoms with van der Waals surface area (Å²) in [5.41, 5.74) is 3.83. The van der Waals surface area contributed by atoms with E-state index in [2.05, 4.69) is 50.3 Å². The maximum atomic E-state index is 12.4. The second-order valence-electron chi connectivity index (χ2n) is 6.39. The van der Waals surface area contributed by atoms with Crippen LogP contribution in [0.15, 0.2) is 12.1 Å². The molecule has 5 nitrogen and oxygen atoms in total. The molecule has 1 atom stereocenters. The van der Waals surface area contributed by atoms with Gasteiger partial charge in [0.2, 0.25) is 0 Å². The van der Waals surface area contributed by atoms with E-state index >= 15 is 0 Å². The van der Waals surface area contributed by atoms with Crippen LogP contribution in [0.4, 0.5) is 5.82 Å². The third kappa shape index (κ3) is 5.01. The normalized spacial score (nSPS) is 12.9. The van der Waals surface area contributed by atoms with Gasteiger partial charge in [-0.15, -0.1) is 0 Å². The number of amides is 1. The summed E-state index contributed by atoms with van der Waals surface area (Å²) in [4.78, 5) is 16.9. The molecule has 0 radical (unpaired) electrons. The number of hydrogen-bond acceptors (Lipinski definition) is 4. The fourth-order valence-electron chi connectivity index (χ4n) is 2.12. The number of nitrogens with zero attached hydrogens (tertiary/aromatic N) is 1. The summed E-state index contributed by atoms with van der Waals surface area (Å²) in [6.07, 6.45) is 2.97. The first-order valence-electron chi connectivity index (χ1n) is 7.61. The molecule has 1 amide bonds. The number of rotatable bonds is 6. The van der Waals surface area contributed by atoms with Crippen LogP contribution in [0.3, 0.4) is 0 Å². The number of nitrogens with two attached hydrogens (primary N) is 1. The quantitative estimate of drug-likeness (QED) is 0.556. The van der Waals surface area contributed by atoms with Crippen LogP contribution in [0, 0.1) is 0 Å². The summed E-state index contributed by atoms with van der Waals surface area (Å²) < 4.78 is 0. The summed E-state index contributed by atoms with van der Waals surface area (Å²) in [5, 5.41) is 3.08. The molecule has 21 heavy (non-hydrogen) atoms. The summed E-state index contributed by atoms with van der Waals surface area (Å²) in [6, 6.07) is 3.74. The minimum absolute atomic E-state index is 0.0697. The van der Waals surface area contributed by atoms with Crippen molar-refractivity contribution in [2.45, 2.75) is 65.3 Å². The first kappa shape index (κ1) is 17.4. The second kappa shape index (κ2) is 7.41. The molecule has 1 heterocycles. The van der Waals surface area contributed by atoms with Crippen molar-refractivity contribution in [1.29, 1.82) is 0 Å². The van der Waals surface area contributed by atoms with Gasteiger partial charge in [-0.2, -0.15) is 0 Å². The van der Waals surface area contributed by atoms with E-state index in [0.717, 1.165) is 25.0 Å². The lowest BCUT2D eigenvalue weighted by molar-refractivity contribution is 0.0933. The van der Waals surface area contributed by atoms with Gasteiger partial charge in [-0.1, -0.05) is 41.0 Å². The molecule has 1 aromatic rings. The fraction of sp³-hybridized carbons (Fsp3) is 0.625. The predicted molar refractivity (Wildman–Crippen MR) is 87.2 cm³/mol. The number of anilines is 1. The minimum atomic E-state index is -0.143. The molecule has 1 aromatic heterocycles. The molecule has 0 aliphatic carbocycles. The molecule has 5 heteroatoms. The van der Waals surface area contributed by atoms with Crippen molar-refractivity contribution >= 4 is 11.7 Å². The van der Waals surface area contributed by atoms with E-state index < -0.39 is 0 Å². The number of carbonyl (C=O) groups is 1. The summed E-state index contributed by atoms with van der Waals surface area (Å²) >= 11 is 0. The molecule has 1 rings (SSSR count). The van der Waals surface area contributed by atoms with Gasteiger partial charge in [-0.05, 0) is 25.0 Å². The third-order valence-corrected chi connectivity index (χ3v) is 3.47. The number of nitrogen functional groups attached to an aromatic ring is 1. The van der Waals surface area contributed by atoms with Crippen molar-refractivity contribution in [1.82, 2.24) is 10.3 Å². The number of nitrogens with one attached hydrogen (secondary N) is 2. The van der Waals surface area contributed by atoms with Gasteiger partial charge in [0.25, 0.3) is 5.91 Å². The Morgan fingerprint density at radius 2 is 2.00 bits per heavy atom. The number of pyridine rings is 1. The highest BCUT2D eigenvalue weighted by atomic mass is 16.1. The van der Waals surface area contributed by atoms with Gasteiger partial charge in [0.15, 0.2) is 0 Å². The van der Waals surface area contributed by atoms with Crippen LogP contribution < -0.4 is 16.6 Å². The van der Waals surface area contributed by atoms with Crippen molar-refractivity contribution in [2.75, 3.05) is 5.43 Å². The van der Waals surface area contributed by atoms with Crippen LogP contribution in [-0.2, 0) is 5.41 Å². The lowest BCUT2D eigenvalue weighted by atomic mass is 9.90. The van der Waals surface area contributed by atoms with Crippen molar-refractivity contribution in [3.63, 3.8) is 0 Å². The zero-order valence-electron chi connectivity index (χ0n) is 13.8. The molecule has 118 valence electrons. The number of hydrogen-bond donors (Lipinski definition) is 3. The molecular formula is C16H28N4O. The van der Waals surface area contributed by atoms with Gasteiger partial charge in [0.1, 0.15) is 5.82 Å². The summed E-state index contributed by atoms with van der Waals surface area (Å²) in [6.45, 7) is 10.4. The molecule has 0 aliphatic heterocycles. The number of aromatic nitrogens is 1. The van der Waals surface area contributed by atoms with E-state index in [1.807, 2.05) is 6.07 Å². The Bertz CT molecular complexity index is 480. The molecule has 4 N–H and O–H groups in total. The van der Waals surface area contributed by atoms with Gasteiger partial charge >= 0.3 is 0 Å². The highest BCUT2D eigenvalue weighted by Gasteiger charge is 2.20. The maximum Gasteiger partial charge on any atom is 0.251 e. The van der Waals surface area contributed by atoms with Gasteiger partial charge in [0.05, 0.1) is 0 Å². The Morgan fingerprint density at radius 1 is 1.33 bits per heavy atom. The lowest BCUT2D eigenvalue weighted by Crippen LogP contribution is -2.34. The molecule has 0 aromatic carbocycles. The van der Waals surface area contributed by atoms with Crippen molar-refractivity contribution in [2.24, 2.45) is 5.84 Å². The van der Waals surface area contributed by atoms with Crippen LogP contribution >= 0.6 is 0 Å². The molecule has 0 saturated heterocycles. The van der Waals surface area contributed by atoms with Gasteiger partial charge in [0, 0.05) is 22.7 Å². The Balaban J connectivity index is 3.03. The van der Waals surface area contributed by atoms with Crippen molar-refractivity contribution in [3.05, 3.63) is 23.4 Å². The Hall–Kier alpha value is -1.62. The van der Waals surface area contributed by atoms with E-state index in [-0.39, 0.29) is 17.4 Å². The van der Waals surface area contributed by atoms with E-state index in [9.17, 15) is 4.79 Å². The standard InChI is InChI=1S/C16H28N4O/c1-6-8-12(7-2)18-15(21)11-9-13(16(3,4)5)19-14(10-11)20-17/h9-10,12H,6-8,17H2,1-5H3,(H,18,21)(H,19,20). The Morgan fingerprint density at radius 3 is 2.48 bits per heavy atom. The molecule has 0 aliphatic rings. The fourth-order valence-corrected chi connectivity index (χ4v) is 2.12. The zero-order chi connectivity index (χ0) is 16.0. The van der Waals surface area contributed by atoms with Gasteiger partial charge in [-0.3, -0.25) is 4.79 Å². The van der Waals surface area contributed by atoms with Gasteiger partial charge in [-0.25, -0.2) is 10.8 Å². The average molecular weight is 292 g/mol. The minimum Gasteiger partial charge on any atom is -0.349 e. The first-order valence-corrected chi connectivity index (χ1v) is 7.61. The van der Waals surface area contributed by atoms with Crippen LogP contribution in [0.1, 0.15) is 69.9 Å². The number of hydrazine groups is 1. The van der Waals surface area contributed by atoms with Crippen molar-refractivity contribution in [3.8, 4) is 0 Å². The smallest absolute Gasteiger partial charge is 0.251 e. The molecule has 0 bridgehead atoms. The highest BCUT2D eigenvalue weighted by molar-refractivity contribution is 5.95. The first-order chi connectivity index (χ1) is 9.81. The monoisotopic (exact) mass is 292 g/mol. The molecular weight excluding hydrogens is 264 g/mol. The van der Waals surface area contributed by atoms with Crippen LogP contribution in [0.25, 0.3) is 0 Å². The van der Waals surface area contributed by atoms with Crippen molar-refractivity contribution < 1.29 is 4.79 Å². The van der Waals surface area contributed by atoms with E-state index in [0.29, 0.717) is 11.4 Å². The maximum absolute atomic E-state index is 12.4. The molecule has 0 spiro atoms. The van der Waals surface area contributed by atoms with E-state index in [4.69, 9.17) is 5.84 Å². The van der Waals surface area contributed by atoms with E-state index in [1.54, 1.807) is 6.07 Å². The molecule has 0 saturated carbocycles. The topological polar surface area (TPSA) is 80.0 Å². The number of carbonyl (C=O) groups excluding carboxylic acids is 1. The lowest BCUT2D eigenvalue weighted by Gasteiger charge is -2.21. The van der Waals surface area contributed by atoms with Crippen LogP contribution in [-0.4, -0.2) is 16.9 Å². The SMILES string of the molecule is CCCC(CC)NC(=O)c1cc(NN)nc(C(C)(C)C)c1. The van der Waals surface area contributed by atoms with Gasteiger partial charge < -0.3 is 10.7 Å². The van der Waals surface area contributed by atoms with Crippen LogP contribution in [0.5, 0.6) is 0 Å². The highest BCUT2D eigenvalue weighted by Crippen LogP contribution is 2.23. The summed E-state index contributed by atoms with van der Waals surface area (Å²) in [7, 11) is 0. The predicted octanol–water partition coefficient (Wildman–Crippen LogP) is 2.97. The zero-order valence-corrected chi connectivity index (χ0v) is 13.8. The molecule has 0 fully saturated rings. The summed E-state index contributed by atoms with van der Waals surface area (Å²) in [5.74, 6) is 5.90. The Kier molecular flexibility index (Phi) is 6.15. The third-order valence-electron chi connectivity index (χ3n) is 3.47. The Labute approximate surface area is 127 Å². The average Bonchev–Trinajstić information content (AvgIpc) is 2.45. The molecule has 1 unspecified atom stereocenters. The largest absolute Gasteiger partial charge is 0.349 e. The second-order valence-corrected chi connectivity index (χ2v) is 6.39. The van der Waals surface area contributed by atoms with E-state index in [1.165, 1.54) is 0 Å².